The molecular formula is C64H132N2O6P+. The molecule has 0 aromatic rings. The first-order valence-corrected chi connectivity index (χ1v) is 34.4. The number of quaternary nitrogens is 1. The second-order valence-electron chi connectivity index (χ2n) is 24.2. The highest BCUT2D eigenvalue weighted by Gasteiger charge is 2.28. The van der Waals surface area contributed by atoms with Crippen LogP contribution in [0.4, 0.5) is 0 Å². The van der Waals surface area contributed by atoms with Gasteiger partial charge in [0.25, 0.3) is 0 Å². The molecule has 1 amide bonds. The van der Waals surface area contributed by atoms with E-state index < -0.39 is 20.0 Å². The van der Waals surface area contributed by atoms with Gasteiger partial charge in [0.05, 0.1) is 39.9 Å². The first-order valence-electron chi connectivity index (χ1n) is 32.9. The largest absolute Gasteiger partial charge is 0.472 e. The van der Waals surface area contributed by atoms with E-state index in [1.165, 1.54) is 289 Å². The molecule has 0 aliphatic rings. The van der Waals surface area contributed by atoms with Gasteiger partial charge < -0.3 is 19.8 Å². The second-order valence-corrected chi connectivity index (χ2v) is 25.7. The smallest absolute Gasteiger partial charge is 0.391 e. The number of nitrogens with zero attached hydrogens (tertiary/aromatic N) is 1. The summed E-state index contributed by atoms with van der Waals surface area (Å²) in [6.45, 7) is 4.96. The Balaban J connectivity index is 3.96. The molecule has 0 aliphatic heterocycles. The van der Waals surface area contributed by atoms with Crippen molar-refractivity contribution >= 4 is 13.7 Å². The summed E-state index contributed by atoms with van der Waals surface area (Å²) < 4.78 is 23.8. The molecule has 0 saturated carbocycles. The number of rotatable bonds is 62. The molecular weight excluding hydrogens is 924 g/mol. The maximum atomic E-state index is 13.0. The number of carbonyl (C=O) groups excluding carboxylic acids is 1. The Morgan fingerprint density at radius 3 is 0.918 bits per heavy atom. The lowest BCUT2D eigenvalue weighted by molar-refractivity contribution is -0.870. The van der Waals surface area contributed by atoms with Gasteiger partial charge in [-0.1, -0.05) is 335 Å². The number of hydrogen-bond acceptors (Lipinski definition) is 5. The monoisotopic (exact) mass is 1060 g/mol. The number of likely N-dealkylation sites (N-methyl/N-ethyl adjacent to an activating group) is 1. The zero-order valence-electron chi connectivity index (χ0n) is 50.2. The summed E-state index contributed by atoms with van der Waals surface area (Å²) in [5, 5.41) is 14.1. The predicted molar refractivity (Wildman–Crippen MR) is 319 cm³/mol. The van der Waals surface area contributed by atoms with Crippen LogP contribution in [-0.4, -0.2) is 73.4 Å². The molecule has 0 saturated heterocycles. The maximum Gasteiger partial charge on any atom is 0.472 e. The number of aliphatic hydroxyl groups is 1. The van der Waals surface area contributed by atoms with Gasteiger partial charge in [-0.2, -0.15) is 0 Å². The molecule has 73 heavy (non-hydrogen) atoms. The van der Waals surface area contributed by atoms with Crippen molar-refractivity contribution in [2.24, 2.45) is 0 Å². The summed E-state index contributed by atoms with van der Waals surface area (Å²) in [7, 11) is 1.64. The Bertz CT molecular complexity index is 1150. The van der Waals surface area contributed by atoms with E-state index in [-0.39, 0.29) is 19.1 Å². The molecule has 0 bridgehead atoms. The van der Waals surface area contributed by atoms with Crippen molar-refractivity contribution in [3.05, 3.63) is 0 Å². The molecule has 0 spiro atoms. The Hall–Kier alpha value is -0.500. The Labute approximate surface area is 457 Å². The van der Waals surface area contributed by atoms with Crippen LogP contribution in [0.5, 0.6) is 0 Å². The Kier molecular flexibility index (Phi) is 55.8. The second kappa shape index (κ2) is 56.2. The van der Waals surface area contributed by atoms with Gasteiger partial charge in [0.15, 0.2) is 0 Å². The van der Waals surface area contributed by atoms with Gasteiger partial charge in [-0.15, -0.1) is 0 Å². The lowest BCUT2D eigenvalue weighted by atomic mass is 10.0. The van der Waals surface area contributed by atoms with Crippen LogP contribution in [-0.2, 0) is 18.4 Å². The maximum absolute atomic E-state index is 13.0. The average molecular weight is 1060 g/mol. The highest BCUT2D eigenvalue weighted by atomic mass is 31.2. The molecule has 3 atom stereocenters. The third kappa shape index (κ3) is 59.0. The van der Waals surface area contributed by atoms with Crippen molar-refractivity contribution < 1.29 is 32.9 Å². The molecule has 0 fully saturated rings. The van der Waals surface area contributed by atoms with Crippen molar-refractivity contribution in [1.82, 2.24) is 5.32 Å². The van der Waals surface area contributed by atoms with Gasteiger partial charge >= 0.3 is 7.82 Å². The van der Waals surface area contributed by atoms with Crippen LogP contribution in [0, 0.1) is 0 Å². The Morgan fingerprint density at radius 1 is 0.411 bits per heavy atom. The van der Waals surface area contributed by atoms with E-state index in [1.54, 1.807) is 0 Å². The van der Waals surface area contributed by atoms with Crippen molar-refractivity contribution in [3.63, 3.8) is 0 Å². The van der Waals surface area contributed by atoms with Crippen LogP contribution in [0.15, 0.2) is 0 Å². The molecule has 0 aliphatic carbocycles. The van der Waals surface area contributed by atoms with Crippen LogP contribution in [0.25, 0.3) is 0 Å². The molecule has 3 N–H and O–H groups in total. The van der Waals surface area contributed by atoms with Crippen molar-refractivity contribution in [2.45, 2.75) is 366 Å². The minimum Gasteiger partial charge on any atom is -0.391 e. The minimum atomic E-state index is -4.32. The van der Waals surface area contributed by atoms with Gasteiger partial charge in [0, 0.05) is 6.42 Å². The van der Waals surface area contributed by atoms with E-state index in [4.69, 9.17) is 9.05 Å². The summed E-state index contributed by atoms with van der Waals surface area (Å²) in [4.78, 5) is 23.4. The zero-order chi connectivity index (χ0) is 53.5. The average Bonchev–Trinajstić information content (AvgIpc) is 3.35. The number of unbranched alkanes of at least 4 members (excludes halogenated alkanes) is 49. The first-order chi connectivity index (χ1) is 35.5. The normalized spacial score (nSPS) is 13.7. The molecule has 0 aromatic heterocycles. The molecule has 3 unspecified atom stereocenters. The third-order valence-corrected chi connectivity index (χ3v) is 16.6. The lowest BCUT2D eigenvalue weighted by Gasteiger charge is -2.26. The lowest BCUT2D eigenvalue weighted by Crippen LogP contribution is -2.46. The van der Waals surface area contributed by atoms with Crippen molar-refractivity contribution in [1.29, 1.82) is 0 Å². The van der Waals surface area contributed by atoms with Gasteiger partial charge in [-0.3, -0.25) is 13.8 Å². The molecule has 8 nitrogen and oxygen atoms in total. The van der Waals surface area contributed by atoms with E-state index in [0.29, 0.717) is 23.9 Å². The Morgan fingerprint density at radius 2 is 0.658 bits per heavy atom. The molecule has 0 aromatic carbocycles. The van der Waals surface area contributed by atoms with Crippen LogP contribution in [0.2, 0.25) is 0 Å². The number of hydrogen-bond donors (Lipinski definition) is 3. The SMILES string of the molecule is CCCCCCCCCCCCCCCCCCCCCCCCCCCCCCCCCCCC(O)C(COP(=O)(O)OCC[N+](C)(C)C)NC(=O)CCCCCCCCCCCCCCCCCCCC. The fraction of sp³-hybridized carbons (Fsp3) is 0.984. The fourth-order valence-corrected chi connectivity index (χ4v) is 11.2. The minimum absolute atomic E-state index is 0.0793. The summed E-state index contributed by atoms with van der Waals surface area (Å²) in [6.07, 6.45) is 69.1. The van der Waals surface area contributed by atoms with E-state index in [1.807, 2.05) is 21.1 Å². The van der Waals surface area contributed by atoms with E-state index >= 15 is 0 Å². The number of aliphatic hydroxyl groups excluding tert-OH is 1. The number of amides is 1. The van der Waals surface area contributed by atoms with Gasteiger partial charge in [-0.25, -0.2) is 4.57 Å². The summed E-state index contributed by atoms with van der Waals surface area (Å²) >= 11 is 0. The van der Waals surface area contributed by atoms with Crippen LogP contribution in [0.3, 0.4) is 0 Å². The van der Waals surface area contributed by atoms with Gasteiger partial charge in [0.1, 0.15) is 13.2 Å². The molecule has 0 heterocycles. The molecule has 0 rings (SSSR count). The highest BCUT2D eigenvalue weighted by molar-refractivity contribution is 7.47. The van der Waals surface area contributed by atoms with Crippen molar-refractivity contribution in [3.8, 4) is 0 Å². The molecule has 0 radical (unpaired) electrons. The highest BCUT2D eigenvalue weighted by Crippen LogP contribution is 2.43. The zero-order valence-corrected chi connectivity index (χ0v) is 51.1. The quantitative estimate of drug-likeness (QED) is 0.0318. The van der Waals surface area contributed by atoms with E-state index in [0.717, 1.165) is 38.5 Å². The van der Waals surface area contributed by atoms with Gasteiger partial charge in [-0.05, 0) is 12.8 Å². The van der Waals surface area contributed by atoms with Gasteiger partial charge in [0.2, 0.25) is 5.91 Å². The van der Waals surface area contributed by atoms with Crippen LogP contribution in [0.1, 0.15) is 354 Å². The fourth-order valence-electron chi connectivity index (χ4n) is 10.5. The summed E-state index contributed by atoms with van der Waals surface area (Å²) in [5.74, 6) is -0.135. The third-order valence-electron chi connectivity index (χ3n) is 15.6. The van der Waals surface area contributed by atoms with E-state index in [2.05, 4.69) is 19.2 Å². The van der Waals surface area contributed by atoms with Crippen LogP contribution >= 0.6 is 7.82 Å². The standard InChI is InChI=1S/C64H131N2O6P/c1-6-8-10-12-14-16-18-20-22-24-26-27-28-29-30-31-32-33-34-35-36-37-38-39-40-41-43-45-47-49-51-53-55-57-63(67)62(61-72-73(69,70)71-60-59-66(3,4)5)65-64(68)58-56-54-52-50-48-46-44-42-25-23-21-19-17-15-13-11-9-7-2/h62-63,67H,6-61H2,1-5H3,(H-,65,68,69,70)/p+1. The van der Waals surface area contributed by atoms with Crippen molar-refractivity contribution in [2.75, 3.05) is 40.9 Å². The number of phosphoric ester groups is 1. The number of carbonyl (C=O) groups is 1. The summed E-state index contributed by atoms with van der Waals surface area (Å²) in [6, 6.07) is -0.756. The topological polar surface area (TPSA) is 105 Å². The molecule has 438 valence electrons. The summed E-state index contributed by atoms with van der Waals surface area (Å²) in [5.41, 5.74) is 0. The predicted octanol–water partition coefficient (Wildman–Crippen LogP) is 20.4. The first kappa shape index (κ1) is 72.5. The number of nitrogens with one attached hydrogen (secondary N) is 1. The van der Waals surface area contributed by atoms with Crippen LogP contribution < -0.4 is 5.32 Å². The molecule has 9 heteroatoms. The number of phosphoric acid groups is 1. The van der Waals surface area contributed by atoms with E-state index in [9.17, 15) is 19.4 Å².